The third-order valence-electron chi connectivity index (χ3n) is 2.92. The summed E-state index contributed by atoms with van der Waals surface area (Å²) < 4.78 is 37.7. The minimum Gasteiger partial charge on any atom is -0.443 e. The number of benzene rings is 1. The molecular weight excluding hydrogens is 372 g/mol. The van der Waals surface area contributed by atoms with Crippen molar-refractivity contribution in [3.8, 4) is 11.3 Å². The lowest BCUT2D eigenvalue weighted by Crippen LogP contribution is -2.11. The number of furan rings is 1. The number of halogens is 1. The number of nitrogens with one attached hydrogen (secondary N) is 1. The van der Waals surface area contributed by atoms with Gasteiger partial charge in [-0.05, 0) is 35.0 Å². The fourth-order valence-electron chi connectivity index (χ4n) is 1.82. The largest absolute Gasteiger partial charge is 0.443 e. The Morgan fingerprint density at radius 2 is 1.86 bits per heavy atom. The highest BCUT2D eigenvalue weighted by Gasteiger charge is 2.23. The first-order valence-corrected chi connectivity index (χ1v) is 8.55. The van der Waals surface area contributed by atoms with Gasteiger partial charge >= 0.3 is 0 Å². The van der Waals surface area contributed by atoms with Gasteiger partial charge in [-0.2, -0.15) is 8.42 Å². The number of rotatable bonds is 4. The Balaban J connectivity index is 1.90. The van der Waals surface area contributed by atoms with Crippen molar-refractivity contribution in [1.82, 2.24) is 5.16 Å². The van der Waals surface area contributed by atoms with Gasteiger partial charge in [0.2, 0.25) is 5.09 Å². The standard InChI is InChI=1S/C14H11BrN2O4S/c1-9-13(15)14(21-16-9)17-22(18,19)12-8-7-11(20-12)10-5-3-2-4-6-10/h2-8,17H,1H3. The zero-order chi connectivity index (χ0) is 15.7. The number of anilines is 1. The highest BCUT2D eigenvalue weighted by molar-refractivity contribution is 9.10. The van der Waals surface area contributed by atoms with E-state index in [4.69, 9.17) is 8.94 Å². The van der Waals surface area contributed by atoms with Gasteiger partial charge in [0.15, 0.2) is 0 Å². The zero-order valence-electron chi connectivity index (χ0n) is 11.4. The van der Waals surface area contributed by atoms with Crippen LogP contribution in [-0.4, -0.2) is 13.6 Å². The number of aryl methyl sites for hydroxylation is 1. The van der Waals surface area contributed by atoms with Crippen molar-refractivity contribution >= 4 is 31.8 Å². The summed E-state index contributed by atoms with van der Waals surface area (Å²) in [7, 11) is -3.89. The third-order valence-corrected chi connectivity index (χ3v) is 5.06. The maximum Gasteiger partial charge on any atom is 0.297 e. The summed E-state index contributed by atoms with van der Waals surface area (Å²) >= 11 is 3.20. The number of aromatic nitrogens is 1. The van der Waals surface area contributed by atoms with Crippen molar-refractivity contribution in [2.45, 2.75) is 12.0 Å². The lowest BCUT2D eigenvalue weighted by Gasteiger charge is -2.02. The number of nitrogens with zero attached hydrogens (tertiary/aromatic N) is 1. The predicted molar refractivity (Wildman–Crippen MR) is 83.9 cm³/mol. The second kappa shape index (κ2) is 5.62. The maximum atomic E-state index is 12.3. The second-order valence-electron chi connectivity index (χ2n) is 4.50. The van der Waals surface area contributed by atoms with E-state index in [1.165, 1.54) is 6.07 Å². The van der Waals surface area contributed by atoms with Crippen LogP contribution in [0.1, 0.15) is 5.69 Å². The molecule has 2 heterocycles. The lowest BCUT2D eigenvalue weighted by molar-refractivity contribution is 0.428. The van der Waals surface area contributed by atoms with Crippen molar-refractivity contribution in [2.24, 2.45) is 0 Å². The van der Waals surface area contributed by atoms with E-state index in [9.17, 15) is 8.42 Å². The van der Waals surface area contributed by atoms with Gasteiger partial charge in [0.25, 0.3) is 15.9 Å². The molecule has 0 unspecified atom stereocenters. The lowest BCUT2D eigenvalue weighted by atomic mass is 10.2. The molecule has 0 aliphatic carbocycles. The van der Waals surface area contributed by atoms with Crippen LogP contribution in [0.3, 0.4) is 0 Å². The molecule has 8 heteroatoms. The molecule has 1 N–H and O–H groups in total. The molecule has 0 saturated carbocycles. The minimum absolute atomic E-state index is 0.00941. The van der Waals surface area contributed by atoms with Crippen LogP contribution in [0.25, 0.3) is 11.3 Å². The summed E-state index contributed by atoms with van der Waals surface area (Å²) in [6.07, 6.45) is 0. The van der Waals surface area contributed by atoms with E-state index in [0.29, 0.717) is 15.9 Å². The SMILES string of the molecule is Cc1noc(NS(=O)(=O)c2ccc(-c3ccccc3)o2)c1Br. The van der Waals surface area contributed by atoms with E-state index in [2.05, 4.69) is 25.8 Å². The molecule has 6 nitrogen and oxygen atoms in total. The molecule has 0 atom stereocenters. The van der Waals surface area contributed by atoms with Crippen LogP contribution in [-0.2, 0) is 10.0 Å². The van der Waals surface area contributed by atoms with E-state index in [1.807, 2.05) is 30.3 Å². The Morgan fingerprint density at radius 1 is 1.14 bits per heavy atom. The highest BCUT2D eigenvalue weighted by atomic mass is 79.9. The van der Waals surface area contributed by atoms with Crippen LogP contribution >= 0.6 is 15.9 Å². The molecule has 0 amide bonds. The molecule has 3 rings (SSSR count). The number of sulfonamides is 1. The molecular formula is C14H11BrN2O4S. The van der Waals surface area contributed by atoms with Crippen LogP contribution in [0.2, 0.25) is 0 Å². The van der Waals surface area contributed by atoms with E-state index < -0.39 is 10.0 Å². The summed E-state index contributed by atoms with van der Waals surface area (Å²) in [5.41, 5.74) is 1.34. The molecule has 0 saturated heterocycles. The molecule has 22 heavy (non-hydrogen) atoms. The summed E-state index contributed by atoms with van der Waals surface area (Å²) in [5, 5.41) is 3.47. The Bertz CT molecular complexity index is 900. The van der Waals surface area contributed by atoms with Gasteiger partial charge in [-0.1, -0.05) is 35.5 Å². The predicted octanol–water partition coefficient (Wildman–Crippen LogP) is 3.81. The Morgan fingerprint density at radius 3 is 2.50 bits per heavy atom. The van der Waals surface area contributed by atoms with E-state index in [0.717, 1.165) is 5.56 Å². The van der Waals surface area contributed by atoms with Crippen molar-refractivity contribution in [1.29, 1.82) is 0 Å². The normalized spacial score (nSPS) is 11.5. The average molecular weight is 383 g/mol. The Kier molecular flexibility index (Phi) is 3.79. The highest BCUT2D eigenvalue weighted by Crippen LogP contribution is 2.29. The van der Waals surface area contributed by atoms with Gasteiger partial charge in [0, 0.05) is 5.56 Å². The molecule has 0 aliphatic rings. The molecule has 3 aromatic rings. The summed E-state index contributed by atoms with van der Waals surface area (Å²) in [5.74, 6) is 0.476. The van der Waals surface area contributed by atoms with Gasteiger partial charge in [-0.15, -0.1) is 0 Å². The quantitative estimate of drug-likeness (QED) is 0.741. The van der Waals surface area contributed by atoms with Crippen LogP contribution in [0.5, 0.6) is 0 Å². The van der Waals surface area contributed by atoms with Crippen LogP contribution in [0.15, 0.2) is 61.0 Å². The van der Waals surface area contributed by atoms with Crippen LogP contribution in [0, 0.1) is 6.92 Å². The Labute approximate surface area is 135 Å². The van der Waals surface area contributed by atoms with Gasteiger partial charge in [-0.3, -0.25) is 0 Å². The van der Waals surface area contributed by atoms with Gasteiger partial charge < -0.3 is 8.94 Å². The first-order chi connectivity index (χ1) is 10.5. The fraction of sp³-hybridized carbons (Fsp3) is 0.0714. The smallest absolute Gasteiger partial charge is 0.297 e. The molecule has 0 radical (unpaired) electrons. The van der Waals surface area contributed by atoms with Crippen LogP contribution in [0.4, 0.5) is 5.88 Å². The molecule has 0 fully saturated rings. The fourth-order valence-corrected chi connectivity index (χ4v) is 3.12. The second-order valence-corrected chi connectivity index (χ2v) is 6.91. The van der Waals surface area contributed by atoms with Crippen molar-refractivity contribution in [2.75, 3.05) is 4.72 Å². The number of hydrogen-bond acceptors (Lipinski definition) is 5. The third kappa shape index (κ3) is 2.79. The first-order valence-electron chi connectivity index (χ1n) is 6.27. The maximum absolute atomic E-state index is 12.3. The van der Waals surface area contributed by atoms with Gasteiger partial charge in [0.05, 0.1) is 5.69 Å². The summed E-state index contributed by atoms with van der Waals surface area (Å²) in [4.78, 5) is 0. The molecule has 0 aliphatic heterocycles. The van der Waals surface area contributed by atoms with E-state index in [-0.39, 0.29) is 11.0 Å². The van der Waals surface area contributed by atoms with Crippen molar-refractivity contribution in [3.05, 3.63) is 52.6 Å². The van der Waals surface area contributed by atoms with E-state index >= 15 is 0 Å². The minimum atomic E-state index is -3.89. The topological polar surface area (TPSA) is 85.3 Å². The summed E-state index contributed by atoms with van der Waals surface area (Å²) in [6, 6.07) is 12.2. The monoisotopic (exact) mass is 382 g/mol. The molecule has 1 aromatic carbocycles. The first kappa shape index (κ1) is 14.9. The van der Waals surface area contributed by atoms with Crippen molar-refractivity contribution in [3.63, 3.8) is 0 Å². The Hall–Kier alpha value is -2.06. The van der Waals surface area contributed by atoms with Crippen LogP contribution < -0.4 is 4.72 Å². The van der Waals surface area contributed by atoms with Crippen molar-refractivity contribution < 1.29 is 17.4 Å². The van der Waals surface area contributed by atoms with Gasteiger partial charge in [0.1, 0.15) is 10.2 Å². The number of hydrogen-bond donors (Lipinski definition) is 1. The molecule has 0 spiro atoms. The van der Waals surface area contributed by atoms with E-state index in [1.54, 1.807) is 13.0 Å². The molecule has 0 bridgehead atoms. The molecule has 114 valence electrons. The molecule has 2 aromatic heterocycles. The average Bonchev–Trinajstić information content (AvgIpc) is 3.11. The summed E-state index contributed by atoms with van der Waals surface area (Å²) in [6.45, 7) is 1.69. The van der Waals surface area contributed by atoms with Gasteiger partial charge in [-0.25, -0.2) is 4.72 Å². The zero-order valence-corrected chi connectivity index (χ0v) is 13.8.